The van der Waals surface area contributed by atoms with E-state index in [1.54, 1.807) is 6.92 Å². The predicted octanol–water partition coefficient (Wildman–Crippen LogP) is 2.05. The molecule has 1 heterocycles. The molecule has 11 heavy (non-hydrogen) atoms. The second-order valence-corrected chi connectivity index (χ2v) is 2.95. The van der Waals surface area contributed by atoms with Gasteiger partial charge in [-0.15, -0.1) is 0 Å². The number of allylic oxidation sites excluding steroid dienone is 1. The van der Waals surface area contributed by atoms with Crippen molar-refractivity contribution in [3.05, 3.63) is 11.8 Å². The van der Waals surface area contributed by atoms with Gasteiger partial charge in [0.1, 0.15) is 5.78 Å². The van der Waals surface area contributed by atoms with Crippen LogP contribution >= 0.6 is 0 Å². The lowest BCUT2D eigenvalue weighted by Crippen LogP contribution is -2.00. The van der Waals surface area contributed by atoms with Crippen LogP contribution < -0.4 is 0 Å². The van der Waals surface area contributed by atoms with E-state index >= 15 is 0 Å². The maximum absolute atomic E-state index is 10.6. The fraction of sp³-hybridized carbons (Fsp3) is 0.667. The van der Waals surface area contributed by atoms with Crippen LogP contribution in [0.1, 0.15) is 32.6 Å². The van der Waals surface area contributed by atoms with Crippen LogP contribution in [0.3, 0.4) is 0 Å². The first kappa shape index (κ1) is 8.31. The van der Waals surface area contributed by atoms with Crippen LogP contribution in [0.2, 0.25) is 0 Å². The summed E-state index contributed by atoms with van der Waals surface area (Å²) in [6.07, 6.45) is 5.56. The van der Waals surface area contributed by atoms with Crippen molar-refractivity contribution in [2.24, 2.45) is 0 Å². The topological polar surface area (TPSA) is 26.3 Å². The van der Waals surface area contributed by atoms with Crippen LogP contribution in [0.25, 0.3) is 0 Å². The molecule has 0 saturated heterocycles. The van der Waals surface area contributed by atoms with Gasteiger partial charge in [-0.1, -0.05) is 0 Å². The Kier molecular flexibility index (Phi) is 3.14. The molecule has 0 amide bonds. The lowest BCUT2D eigenvalue weighted by atomic mass is 10.0. The third-order valence-electron chi connectivity index (χ3n) is 1.81. The Bertz CT molecular complexity index is 170. The van der Waals surface area contributed by atoms with E-state index in [0.29, 0.717) is 6.42 Å². The average molecular weight is 154 g/mol. The molecule has 62 valence electrons. The van der Waals surface area contributed by atoms with Crippen LogP contribution in [-0.4, -0.2) is 12.4 Å². The Balaban J connectivity index is 2.24. The van der Waals surface area contributed by atoms with Gasteiger partial charge in [0.05, 0.1) is 12.9 Å². The normalized spacial score (nSPS) is 17.0. The summed E-state index contributed by atoms with van der Waals surface area (Å²) in [5.41, 5.74) is 1.28. The zero-order valence-electron chi connectivity index (χ0n) is 6.93. The Labute approximate surface area is 67.2 Å². The van der Waals surface area contributed by atoms with Gasteiger partial charge in [0, 0.05) is 6.42 Å². The zero-order chi connectivity index (χ0) is 8.10. The molecule has 0 saturated carbocycles. The van der Waals surface area contributed by atoms with E-state index in [-0.39, 0.29) is 5.78 Å². The molecule has 1 aliphatic rings. The van der Waals surface area contributed by atoms with Crippen molar-refractivity contribution in [1.82, 2.24) is 0 Å². The first-order valence-corrected chi connectivity index (χ1v) is 4.08. The minimum absolute atomic E-state index is 0.261. The standard InChI is InChI=1S/C9H14O2/c1-8(10)4-5-9-3-2-6-11-7-9/h7H,2-6H2,1H3. The average Bonchev–Trinajstić information content (AvgIpc) is 2.03. The van der Waals surface area contributed by atoms with Crippen molar-refractivity contribution >= 4 is 5.78 Å². The van der Waals surface area contributed by atoms with Crippen molar-refractivity contribution < 1.29 is 9.53 Å². The second-order valence-electron chi connectivity index (χ2n) is 2.95. The molecule has 1 rings (SSSR count). The van der Waals surface area contributed by atoms with E-state index in [1.807, 2.05) is 6.26 Å². The summed E-state index contributed by atoms with van der Waals surface area (Å²) in [5, 5.41) is 0. The molecule has 0 bridgehead atoms. The highest BCUT2D eigenvalue weighted by Gasteiger charge is 2.04. The summed E-state index contributed by atoms with van der Waals surface area (Å²) in [5.74, 6) is 0.261. The quantitative estimate of drug-likeness (QED) is 0.622. The number of hydrogen-bond acceptors (Lipinski definition) is 2. The molecule has 2 nitrogen and oxygen atoms in total. The molecule has 0 spiro atoms. The number of carbonyl (C=O) groups is 1. The molecule has 0 aromatic rings. The van der Waals surface area contributed by atoms with Gasteiger partial charge in [0.2, 0.25) is 0 Å². The van der Waals surface area contributed by atoms with E-state index < -0.39 is 0 Å². The van der Waals surface area contributed by atoms with E-state index in [9.17, 15) is 4.79 Å². The molecular formula is C9H14O2. The summed E-state index contributed by atoms with van der Waals surface area (Å²) >= 11 is 0. The van der Waals surface area contributed by atoms with Crippen molar-refractivity contribution in [1.29, 1.82) is 0 Å². The van der Waals surface area contributed by atoms with E-state index in [2.05, 4.69) is 0 Å². The number of rotatable bonds is 3. The van der Waals surface area contributed by atoms with Gasteiger partial charge in [-0.05, 0) is 31.8 Å². The number of hydrogen-bond donors (Lipinski definition) is 0. The molecule has 1 aliphatic heterocycles. The molecule has 2 heteroatoms. The SMILES string of the molecule is CC(=O)CCC1=COCCC1. The van der Waals surface area contributed by atoms with Crippen molar-refractivity contribution in [3.8, 4) is 0 Å². The van der Waals surface area contributed by atoms with Crippen LogP contribution in [0.15, 0.2) is 11.8 Å². The van der Waals surface area contributed by atoms with Gasteiger partial charge in [-0.25, -0.2) is 0 Å². The van der Waals surface area contributed by atoms with Gasteiger partial charge >= 0.3 is 0 Å². The molecule has 0 N–H and O–H groups in total. The van der Waals surface area contributed by atoms with E-state index in [4.69, 9.17) is 4.74 Å². The monoisotopic (exact) mass is 154 g/mol. The minimum atomic E-state index is 0.261. The van der Waals surface area contributed by atoms with Crippen LogP contribution in [0.4, 0.5) is 0 Å². The number of Topliss-reactive ketones (excluding diaryl/α,β-unsaturated/α-hetero) is 1. The van der Waals surface area contributed by atoms with Gasteiger partial charge in [0.15, 0.2) is 0 Å². The largest absolute Gasteiger partial charge is 0.501 e. The van der Waals surface area contributed by atoms with Gasteiger partial charge in [0.25, 0.3) is 0 Å². The van der Waals surface area contributed by atoms with Crippen LogP contribution in [0.5, 0.6) is 0 Å². The highest BCUT2D eigenvalue weighted by Crippen LogP contribution is 2.16. The molecule has 0 radical (unpaired) electrons. The fourth-order valence-electron chi connectivity index (χ4n) is 1.14. The Morgan fingerprint density at radius 1 is 1.73 bits per heavy atom. The van der Waals surface area contributed by atoms with Gasteiger partial charge in [-0.3, -0.25) is 0 Å². The Hall–Kier alpha value is -0.790. The summed E-state index contributed by atoms with van der Waals surface area (Å²) in [6.45, 7) is 2.47. The van der Waals surface area contributed by atoms with Crippen molar-refractivity contribution in [3.63, 3.8) is 0 Å². The molecule has 0 atom stereocenters. The molecule has 0 unspecified atom stereocenters. The minimum Gasteiger partial charge on any atom is -0.501 e. The molecular weight excluding hydrogens is 140 g/mol. The van der Waals surface area contributed by atoms with Crippen molar-refractivity contribution in [2.75, 3.05) is 6.61 Å². The van der Waals surface area contributed by atoms with E-state index in [0.717, 1.165) is 25.9 Å². The molecule has 0 aromatic heterocycles. The third-order valence-corrected chi connectivity index (χ3v) is 1.81. The lowest BCUT2D eigenvalue weighted by molar-refractivity contribution is -0.117. The smallest absolute Gasteiger partial charge is 0.130 e. The maximum Gasteiger partial charge on any atom is 0.130 e. The number of ketones is 1. The molecule has 0 aliphatic carbocycles. The van der Waals surface area contributed by atoms with Crippen LogP contribution in [0, 0.1) is 0 Å². The summed E-state index contributed by atoms with van der Waals surface area (Å²) < 4.78 is 5.14. The zero-order valence-corrected chi connectivity index (χ0v) is 6.93. The van der Waals surface area contributed by atoms with Crippen LogP contribution in [-0.2, 0) is 9.53 Å². The summed E-state index contributed by atoms with van der Waals surface area (Å²) in [4.78, 5) is 10.6. The third kappa shape index (κ3) is 3.21. The first-order valence-electron chi connectivity index (χ1n) is 4.08. The predicted molar refractivity (Wildman–Crippen MR) is 43.2 cm³/mol. The summed E-state index contributed by atoms with van der Waals surface area (Å²) in [7, 11) is 0. The van der Waals surface area contributed by atoms with Gasteiger partial charge < -0.3 is 9.53 Å². The van der Waals surface area contributed by atoms with E-state index in [1.165, 1.54) is 5.57 Å². The number of carbonyl (C=O) groups excluding carboxylic acids is 1. The molecule has 0 fully saturated rings. The highest BCUT2D eigenvalue weighted by atomic mass is 16.5. The lowest BCUT2D eigenvalue weighted by Gasteiger charge is -2.12. The molecule has 0 aromatic carbocycles. The Morgan fingerprint density at radius 3 is 3.09 bits per heavy atom. The number of ether oxygens (including phenoxy) is 1. The second kappa shape index (κ2) is 4.16. The fourth-order valence-corrected chi connectivity index (χ4v) is 1.14. The van der Waals surface area contributed by atoms with Gasteiger partial charge in [-0.2, -0.15) is 0 Å². The maximum atomic E-state index is 10.6. The highest BCUT2D eigenvalue weighted by molar-refractivity contribution is 5.75. The first-order chi connectivity index (χ1) is 5.29. The van der Waals surface area contributed by atoms with Crippen molar-refractivity contribution in [2.45, 2.75) is 32.6 Å². The Morgan fingerprint density at radius 2 is 2.55 bits per heavy atom. The summed E-state index contributed by atoms with van der Waals surface area (Å²) in [6, 6.07) is 0.